The SMILES string of the molecule is O=C1CCN(CCCc2ccc(Br)cc2)CC1. The normalized spacial score (nSPS) is 17.4. The molecule has 0 N–H and O–H groups in total. The van der Waals surface area contributed by atoms with Crippen LogP contribution in [-0.2, 0) is 11.2 Å². The minimum Gasteiger partial charge on any atom is -0.302 e. The second-order valence-electron chi connectivity index (χ2n) is 4.61. The maximum Gasteiger partial charge on any atom is 0.135 e. The standard InChI is InChI=1S/C14H18BrNO/c15-13-5-3-12(4-6-13)2-1-9-16-10-7-14(17)8-11-16/h3-6H,1-2,7-11H2. The van der Waals surface area contributed by atoms with Gasteiger partial charge in [0.2, 0.25) is 0 Å². The van der Waals surface area contributed by atoms with Crippen molar-refractivity contribution in [2.75, 3.05) is 19.6 Å². The molecule has 1 aromatic rings. The van der Waals surface area contributed by atoms with Crippen LogP contribution in [0.5, 0.6) is 0 Å². The highest BCUT2D eigenvalue weighted by Crippen LogP contribution is 2.12. The van der Waals surface area contributed by atoms with Crippen molar-refractivity contribution in [1.82, 2.24) is 4.90 Å². The van der Waals surface area contributed by atoms with Crippen molar-refractivity contribution in [2.45, 2.75) is 25.7 Å². The lowest BCUT2D eigenvalue weighted by atomic mass is 10.1. The van der Waals surface area contributed by atoms with Crippen molar-refractivity contribution in [2.24, 2.45) is 0 Å². The van der Waals surface area contributed by atoms with E-state index in [9.17, 15) is 4.79 Å². The minimum atomic E-state index is 0.425. The largest absolute Gasteiger partial charge is 0.302 e. The number of likely N-dealkylation sites (tertiary alicyclic amines) is 1. The highest BCUT2D eigenvalue weighted by atomic mass is 79.9. The maximum atomic E-state index is 11.1. The number of Topliss-reactive ketones (excluding diaryl/α,β-unsaturated/α-hetero) is 1. The Bertz CT molecular complexity index is 364. The van der Waals surface area contributed by atoms with E-state index in [0.717, 1.165) is 43.4 Å². The summed E-state index contributed by atoms with van der Waals surface area (Å²) in [4.78, 5) is 13.5. The van der Waals surface area contributed by atoms with Crippen LogP contribution in [0, 0.1) is 0 Å². The lowest BCUT2D eigenvalue weighted by Gasteiger charge is -2.25. The average Bonchev–Trinajstić information content (AvgIpc) is 2.34. The van der Waals surface area contributed by atoms with Gasteiger partial charge in [0, 0.05) is 30.4 Å². The number of halogens is 1. The molecular formula is C14H18BrNO. The maximum absolute atomic E-state index is 11.1. The molecule has 0 amide bonds. The first-order valence-corrected chi connectivity index (χ1v) is 7.02. The molecule has 2 rings (SSSR count). The number of aryl methyl sites for hydroxylation is 1. The number of nitrogens with zero attached hydrogens (tertiary/aromatic N) is 1. The highest BCUT2D eigenvalue weighted by molar-refractivity contribution is 9.10. The Hall–Kier alpha value is -0.670. The molecule has 0 radical (unpaired) electrons. The smallest absolute Gasteiger partial charge is 0.135 e. The first kappa shape index (κ1) is 12.8. The predicted octanol–water partition coefficient (Wildman–Crippen LogP) is 3.05. The fourth-order valence-electron chi connectivity index (χ4n) is 2.18. The van der Waals surface area contributed by atoms with Gasteiger partial charge in [-0.2, -0.15) is 0 Å². The van der Waals surface area contributed by atoms with Crippen LogP contribution in [0.3, 0.4) is 0 Å². The van der Waals surface area contributed by atoms with Gasteiger partial charge in [-0.05, 0) is 37.1 Å². The van der Waals surface area contributed by atoms with Crippen molar-refractivity contribution in [1.29, 1.82) is 0 Å². The van der Waals surface area contributed by atoms with E-state index in [1.165, 1.54) is 12.0 Å². The van der Waals surface area contributed by atoms with E-state index in [2.05, 4.69) is 45.1 Å². The number of carbonyl (C=O) groups excluding carboxylic acids is 1. The number of rotatable bonds is 4. The van der Waals surface area contributed by atoms with Gasteiger partial charge in [-0.25, -0.2) is 0 Å². The molecule has 3 heteroatoms. The third-order valence-corrected chi connectivity index (χ3v) is 3.80. The summed E-state index contributed by atoms with van der Waals surface area (Å²) in [5, 5.41) is 0. The summed E-state index contributed by atoms with van der Waals surface area (Å²) in [6.07, 6.45) is 3.80. The molecule has 92 valence electrons. The number of hydrogen-bond acceptors (Lipinski definition) is 2. The number of piperidine rings is 1. The molecule has 2 nitrogen and oxygen atoms in total. The van der Waals surface area contributed by atoms with Crippen molar-refractivity contribution < 1.29 is 4.79 Å². The first-order chi connectivity index (χ1) is 8.24. The van der Waals surface area contributed by atoms with Crippen LogP contribution in [0.4, 0.5) is 0 Å². The zero-order valence-corrected chi connectivity index (χ0v) is 11.6. The molecule has 0 unspecified atom stereocenters. The second-order valence-corrected chi connectivity index (χ2v) is 5.53. The molecule has 0 atom stereocenters. The number of ketones is 1. The lowest BCUT2D eigenvalue weighted by molar-refractivity contribution is -0.121. The van der Waals surface area contributed by atoms with Crippen LogP contribution in [-0.4, -0.2) is 30.3 Å². The van der Waals surface area contributed by atoms with Gasteiger partial charge < -0.3 is 4.90 Å². The molecule has 0 aliphatic carbocycles. The summed E-state index contributed by atoms with van der Waals surface area (Å²) in [6, 6.07) is 8.53. The van der Waals surface area contributed by atoms with Crippen LogP contribution in [0.1, 0.15) is 24.8 Å². The van der Waals surface area contributed by atoms with Gasteiger partial charge in [-0.3, -0.25) is 4.79 Å². The quantitative estimate of drug-likeness (QED) is 0.851. The number of carbonyl (C=O) groups is 1. The van der Waals surface area contributed by atoms with Crippen molar-refractivity contribution in [3.63, 3.8) is 0 Å². The summed E-state index contributed by atoms with van der Waals surface area (Å²) < 4.78 is 1.13. The van der Waals surface area contributed by atoms with Gasteiger partial charge in [0.1, 0.15) is 5.78 Å². The Balaban J connectivity index is 1.69. The van der Waals surface area contributed by atoms with Gasteiger partial charge >= 0.3 is 0 Å². The summed E-state index contributed by atoms with van der Waals surface area (Å²) in [5.41, 5.74) is 1.39. The summed E-state index contributed by atoms with van der Waals surface area (Å²) in [7, 11) is 0. The molecule has 0 spiro atoms. The molecule has 0 aromatic heterocycles. The molecule has 1 aliphatic rings. The second kappa shape index (κ2) is 6.31. The molecule has 1 aliphatic heterocycles. The minimum absolute atomic E-state index is 0.425. The Morgan fingerprint density at radius 3 is 2.41 bits per heavy atom. The average molecular weight is 296 g/mol. The van der Waals surface area contributed by atoms with Crippen molar-refractivity contribution in [3.8, 4) is 0 Å². The fraction of sp³-hybridized carbons (Fsp3) is 0.500. The van der Waals surface area contributed by atoms with E-state index in [4.69, 9.17) is 0 Å². The van der Waals surface area contributed by atoms with Crippen molar-refractivity contribution >= 4 is 21.7 Å². The highest BCUT2D eigenvalue weighted by Gasteiger charge is 2.14. The molecule has 1 saturated heterocycles. The van der Waals surface area contributed by atoms with Crippen LogP contribution < -0.4 is 0 Å². The lowest BCUT2D eigenvalue weighted by Crippen LogP contribution is -2.34. The van der Waals surface area contributed by atoms with E-state index >= 15 is 0 Å². The zero-order valence-electron chi connectivity index (χ0n) is 9.99. The number of benzene rings is 1. The molecule has 1 heterocycles. The van der Waals surface area contributed by atoms with E-state index in [-0.39, 0.29) is 0 Å². The van der Waals surface area contributed by atoms with Gasteiger partial charge in [0.25, 0.3) is 0 Å². The third kappa shape index (κ3) is 4.25. The Kier molecular flexibility index (Phi) is 4.75. The van der Waals surface area contributed by atoms with Crippen LogP contribution in [0.2, 0.25) is 0 Å². The summed E-state index contributed by atoms with van der Waals surface area (Å²) in [5.74, 6) is 0.425. The Labute approximate surface area is 111 Å². The van der Waals surface area contributed by atoms with Gasteiger partial charge in [0.05, 0.1) is 0 Å². The molecule has 0 saturated carbocycles. The van der Waals surface area contributed by atoms with Gasteiger partial charge in [-0.1, -0.05) is 28.1 Å². The summed E-state index contributed by atoms with van der Waals surface area (Å²) >= 11 is 3.44. The Morgan fingerprint density at radius 1 is 1.12 bits per heavy atom. The van der Waals surface area contributed by atoms with E-state index in [0.29, 0.717) is 5.78 Å². The van der Waals surface area contributed by atoms with Crippen LogP contribution in [0.25, 0.3) is 0 Å². The Morgan fingerprint density at radius 2 is 1.76 bits per heavy atom. The molecule has 1 fully saturated rings. The number of hydrogen-bond donors (Lipinski definition) is 0. The molecule has 0 bridgehead atoms. The molecule has 1 aromatic carbocycles. The van der Waals surface area contributed by atoms with Crippen LogP contribution >= 0.6 is 15.9 Å². The predicted molar refractivity (Wildman–Crippen MR) is 73.1 cm³/mol. The third-order valence-electron chi connectivity index (χ3n) is 3.27. The van der Waals surface area contributed by atoms with Gasteiger partial charge in [-0.15, -0.1) is 0 Å². The monoisotopic (exact) mass is 295 g/mol. The summed E-state index contributed by atoms with van der Waals surface area (Å²) in [6.45, 7) is 3.03. The topological polar surface area (TPSA) is 20.3 Å². The van der Waals surface area contributed by atoms with Crippen molar-refractivity contribution in [3.05, 3.63) is 34.3 Å². The van der Waals surface area contributed by atoms with E-state index in [1.54, 1.807) is 0 Å². The molecule has 17 heavy (non-hydrogen) atoms. The van der Waals surface area contributed by atoms with Gasteiger partial charge in [0.15, 0.2) is 0 Å². The van der Waals surface area contributed by atoms with E-state index < -0.39 is 0 Å². The first-order valence-electron chi connectivity index (χ1n) is 6.22. The zero-order chi connectivity index (χ0) is 12.1. The fourth-order valence-corrected chi connectivity index (χ4v) is 2.45. The molecular weight excluding hydrogens is 278 g/mol. The van der Waals surface area contributed by atoms with E-state index in [1.807, 2.05) is 0 Å². The van der Waals surface area contributed by atoms with Crippen LogP contribution in [0.15, 0.2) is 28.7 Å².